The van der Waals surface area contributed by atoms with Crippen LogP contribution in [-0.4, -0.2) is 24.1 Å². The lowest BCUT2D eigenvalue weighted by atomic mass is 10.4. The maximum atomic E-state index is 5.73. The first-order valence-corrected chi connectivity index (χ1v) is 5.94. The summed E-state index contributed by atoms with van der Waals surface area (Å²) in [5, 5.41) is 4.21. The van der Waals surface area contributed by atoms with E-state index in [0.717, 1.165) is 0 Å². The average Bonchev–Trinajstić information content (AvgIpc) is 2.96. The second kappa shape index (κ2) is 4.27. The number of nitrogens with two attached hydrogens (primary N) is 1. The van der Waals surface area contributed by atoms with Crippen molar-refractivity contribution < 1.29 is 4.74 Å². The highest BCUT2D eigenvalue weighted by Gasteiger charge is 2.10. The number of hydrogen-bond donors (Lipinski definition) is 1. The second-order valence-electron chi connectivity index (χ2n) is 4.48. The van der Waals surface area contributed by atoms with Gasteiger partial charge in [0, 0.05) is 18.4 Å². The number of rotatable bonds is 3. The van der Waals surface area contributed by atoms with Gasteiger partial charge >= 0.3 is 0 Å². The summed E-state index contributed by atoms with van der Waals surface area (Å²) in [6.45, 7) is 4.09. The Morgan fingerprint density at radius 3 is 2.89 bits per heavy atom. The van der Waals surface area contributed by atoms with Gasteiger partial charge in [-0.25, -0.2) is 4.98 Å². The number of ether oxygens (including phenoxy) is 1. The molecule has 0 amide bonds. The summed E-state index contributed by atoms with van der Waals surface area (Å²) >= 11 is 0. The minimum absolute atomic E-state index is 0.276. The van der Waals surface area contributed by atoms with Crippen LogP contribution >= 0.6 is 0 Å². The fourth-order valence-corrected chi connectivity index (χ4v) is 1.76. The summed E-state index contributed by atoms with van der Waals surface area (Å²) in [6.07, 6.45) is 8.60. The van der Waals surface area contributed by atoms with Crippen LogP contribution in [0.25, 0.3) is 5.65 Å². The molecule has 3 aromatic heterocycles. The Morgan fingerprint density at radius 2 is 2.16 bits per heavy atom. The molecule has 0 unspecified atom stereocenters. The van der Waals surface area contributed by atoms with Crippen LogP contribution in [0.1, 0.15) is 19.9 Å². The van der Waals surface area contributed by atoms with Gasteiger partial charge in [-0.2, -0.15) is 10.1 Å². The molecule has 0 spiro atoms. The van der Waals surface area contributed by atoms with E-state index in [1.165, 1.54) is 0 Å². The molecule has 19 heavy (non-hydrogen) atoms. The Bertz CT molecular complexity index is 714. The molecule has 0 aliphatic rings. The predicted molar refractivity (Wildman–Crippen MR) is 70.1 cm³/mol. The lowest BCUT2D eigenvalue weighted by Crippen LogP contribution is -2.00. The van der Waals surface area contributed by atoms with Gasteiger partial charge in [0.1, 0.15) is 5.82 Å². The third-order valence-electron chi connectivity index (χ3n) is 2.68. The Hall–Kier alpha value is -2.57. The van der Waals surface area contributed by atoms with Gasteiger partial charge in [-0.1, -0.05) is 0 Å². The minimum atomic E-state index is 0.276. The molecule has 3 aromatic rings. The Morgan fingerprint density at radius 1 is 1.32 bits per heavy atom. The van der Waals surface area contributed by atoms with Crippen molar-refractivity contribution in [2.45, 2.75) is 19.9 Å². The van der Waals surface area contributed by atoms with Crippen LogP contribution in [-0.2, 0) is 0 Å². The average molecular weight is 258 g/mol. The van der Waals surface area contributed by atoms with Crippen molar-refractivity contribution in [3.63, 3.8) is 0 Å². The first-order chi connectivity index (χ1) is 9.13. The molecule has 0 aliphatic heterocycles. The van der Waals surface area contributed by atoms with Gasteiger partial charge in [0.2, 0.25) is 5.65 Å². The highest BCUT2D eigenvalue weighted by molar-refractivity contribution is 5.53. The van der Waals surface area contributed by atoms with E-state index in [1.807, 2.05) is 24.7 Å². The van der Waals surface area contributed by atoms with E-state index in [2.05, 4.69) is 15.1 Å². The largest absolute Gasteiger partial charge is 0.432 e. The zero-order valence-corrected chi connectivity index (χ0v) is 10.7. The smallest absolute Gasteiger partial charge is 0.265 e. The van der Waals surface area contributed by atoms with E-state index >= 15 is 0 Å². The van der Waals surface area contributed by atoms with Crippen LogP contribution in [0.3, 0.4) is 0 Å². The molecular formula is C12H14N6O. The molecule has 0 bridgehead atoms. The zero-order chi connectivity index (χ0) is 13.4. The topological polar surface area (TPSA) is 83.3 Å². The summed E-state index contributed by atoms with van der Waals surface area (Å²) in [7, 11) is 0. The standard InChI is InChI=1S/C12H14N6O/c1-8(2)18-6-9(5-15-18)19-12-11-14-3-4-17(11)7-10(13)16-12/h3-8H,13H2,1-2H3. The lowest BCUT2D eigenvalue weighted by Gasteiger charge is -2.05. The minimum Gasteiger partial charge on any atom is -0.432 e. The lowest BCUT2D eigenvalue weighted by molar-refractivity contribution is 0.462. The molecule has 0 fully saturated rings. The van der Waals surface area contributed by atoms with Gasteiger partial charge in [-0.3, -0.25) is 9.08 Å². The van der Waals surface area contributed by atoms with Crippen molar-refractivity contribution in [1.82, 2.24) is 24.1 Å². The highest BCUT2D eigenvalue weighted by Crippen LogP contribution is 2.24. The van der Waals surface area contributed by atoms with Gasteiger partial charge < -0.3 is 10.5 Å². The van der Waals surface area contributed by atoms with Crippen LogP contribution in [0.4, 0.5) is 5.82 Å². The number of fused-ring (bicyclic) bond motifs is 1. The molecule has 3 heterocycles. The quantitative estimate of drug-likeness (QED) is 0.775. The number of nitrogens with zero attached hydrogens (tertiary/aromatic N) is 5. The van der Waals surface area contributed by atoms with Crippen LogP contribution in [0.15, 0.2) is 31.0 Å². The first kappa shape index (κ1) is 11.5. The van der Waals surface area contributed by atoms with Crippen molar-refractivity contribution in [3.8, 4) is 11.6 Å². The number of aromatic nitrogens is 5. The zero-order valence-electron chi connectivity index (χ0n) is 10.7. The molecule has 2 N–H and O–H groups in total. The summed E-state index contributed by atoms with van der Waals surface area (Å²) < 4.78 is 9.28. The summed E-state index contributed by atoms with van der Waals surface area (Å²) in [5.41, 5.74) is 6.35. The Kier molecular flexibility index (Phi) is 2.59. The van der Waals surface area contributed by atoms with E-state index in [0.29, 0.717) is 23.1 Å². The molecule has 0 radical (unpaired) electrons. The normalized spacial score (nSPS) is 11.3. The molecule has 7 heteroatoms. The van der Waals surface area contributed by atoms with Crippen LogP contribution in [0.5, 0.6) is 11.6 Å². The number of imidazole rings is 1. The molecule has 0 saturated carbocycles. The van der Waals surface area contributed by atoms with Crippen molar-refractivity contribution in [2.24, 2.45) is 0 Å². The Balaban J connectivity index is 1.97. The van der Waals surface area contributed by atoms with Crippen LogP contribution in [0.2, 0.25) is 0 Å². The Labute approximate surface area is 109 Å². The van der Waals surface area contributed by atoms with Crippen molar-refractivity contribution in [3.05, 3.63) is 31.0 Å². The van der Waals surface area contributed by atoms with Gasteiger partial charge in [-0.05, 0) is 13.8 Å². The van der Waals surface area contributed by atoms with Crippen molar-refractivity contribution in [2.75, 3.05) is 5.73 Å². The molecule has 0 atom stereocenters. The third kappa shape index (κ3) is 2.10. The highest BCUT2D eigenvalue weighted by atomic mass is 16.5. The fourth-order valence-electron chi connectivity index (χ4n) is 1.76. The van der Waals surface area contributed by atoms with Crippen LogP contribution < -0.4 is 10.5 Å². The maximum Gasteiger partial charge on any atom is 0.265 e. The van der Waals surface area contributed by atoms with E-state index in [4.69, 9.17) is 10.5 Å². The second-order valence-corrected chi connectivity index (χ2v) is 4.48. The summed E-state index contributed by atoms with van der Waals surface area (Å²) in [6, 6.07) is 0.276. The molecular weight excluding hydrogens is 244 g/mol. The van der Waals surface area contributed by atoms with Crippen LogP contribution in [0, 0.1) is 0 Å². The SMILES string of the molecule is CC(C)n1cc(Oc2nc(N)cn3ccnc23)cn1. The van der Waals surface area contributed by atoms with Crippen molar-refractivity contribution in [1.29, 1.82) is 0 Å². The van der Waals surface area contributed by atoms with E-state index in [1.54, 1.807) is 29.2 Å². The van der Waals surface area contributed by atoms with Gasteiger partial charge in [0.05, 0.1) is 18.6 Å². The summed E-state index contributed by atoms with van der Waals surface area (Å²) in [5.74, 6) is 1.35. The molecule has 98 valence electrons. The predicted octanol–water partition coefficient (Wildman–Crippen LogP) is 1.88. The van der Waals surface area contributed by atoms with Gasteiger partial charge in [0.15, 0.2) is 5.75 Å². The molecule has 3 rings (SSSR count). The molecule has 0 saturated heterocycles. The number of anilines is 1. The van der Waals surface area contributed by atoms with Gasteiger partial charge in [0.25, 0.3) is 5.88 Å². The third-order valence-corrected chi connectivity index (χ3v) is 2.68. The fraction of sp³-hybridized carbons (Fsp3) is 0.250. The monoisotopic (exact) mass is 258 g/mol. The van der Waals surface area contributed by atoms with E-state index < -0.39 is 0 Å². The number of hydrogen-bond acceptors (Lipinski definition) is 5. The maximum absolute atomic E-state index is 5.73. The number of nitrogen functional groups attached to an aromatic ring is 1. The van der Waals surface area contributed by atoms with E-state index in [-0.39, 0.29) is 6.04 Å². The molecule has 0 aliphatic carbocycles. The molecule has 7 nitrogen and oxygen atoms in total. The summed E-state index contributed by atoms with van der Waals surface area (Å²) in [4.78, 5) is 8.35. The van der Waals surface area contributed by atoms with Gasteiger partial charge in [-0.15, -0.1) is 0 Å². The first-order valence-electron chi connectivity index (χ1n) is 5.94. The van der Waals surface area contributed by atoms with Crippen molar-refractivity contribution >= 4 is 11.5 Å². The molecule has 0 aromatic carbocycles. The van der Waals surface area contributed by atoms with E-state index in [9.17, 15) is 0 Å².